The third kappa shape index (κ3) is 3.04. The molecule has 0 fully saturated rings. The summed E-state index contributed by atoms with van der Waals surface area (Å²) in [4.78, 5) is 9.52. The number of hydrogen-bond donors (Lipinski definition) is 1. The van der Waals surface area contributed by atoms with Gasteiger partial charge in [0.15, 0.2) is 9.76 Å². The Morgan fingerprint density at radius 1 is 0.609 bits per heavy atom. The molecule has 0 bridgehead atoms. The largest absolute Gasteiger partial charge is 0.434 e. The van der Waals surface area contributed by atoms with Gasteiger partial charge in [-0.25, -0.2) is 0 Å². The first-order valence-electron chi connectivity index (χ1n) is 7.83. The van der Waals surface area contributed by atoms with E-state index in [1.54, 1.807) is 0 Å². The van der Waals surface area contributed by atoms with Crippen molar-refractivity contribution in [2.24, 2.45) is 0 Å². The Kier molecular flexibility index (Phi) is 4.86. The summed E-state index contributed by atoms with van der Waals surface area (Å²) >= 11 is 0. The van der Waals surface area contributed by atoms with Gasteiger partial charge in [0.05, 0.1) is 5.41 Å². The van der Waals surface area contributed by atoms with Gasteiger partial charge in [-0.15, -0.1) is 0 Å². The summed E-state index contributed by atoms with van der Waals surface area (Å²) in [6, 6.07) is 31.5. The molecule has 114 valence electrons. The molecule has 1 nitrogen and oxygen atoms in total. The van der Waals surface area contributed by atoms with Gasteiger partial charge in [-0.3, -0.25) is 0 Å². The van der Waals surface area contributed by atoms with Gasteiger partial charge < -0.3 is 4.80 Å². The van der Waals surface area contributed by atoms with Crippen LogP contribution >= 0.6 is 0 Å². The number of allylic oxidation sites excluding steroid dienone is 1. The number of rotatable bonds is 5. The molecule has 0 heterocycles. The third-order valence-electron chi connectivity index (χ3n) is 4.16. The molecule has 2 heteroatoms. The summed E-state index contributed by atoms with van der Waals surface area (Å²) in [6.07, 6.45) is 2.17. The van der Waals surface area contributed by atoms with Gasteiger partial charge in [0, 0.05) is 0 Å². The Balaban J connectivity index is 2.33. The van der Waals surface area contributed by atoms with E-state index in [-0.39, 0.29) is 5.41 Å². The SMILES string of the molecule is O[SiH2]C=CC(c1ccccc1)(c1ccccc1)c1ccccc1. The van der Waals surface area contributed by atoms with Crippen LogP contribution < -0.4 is 0 Å². The summed E-state index contributed by atoms with van der Waals surface area (Å²) in [7, 11) is -1.16. The zero-order valence-corrected chi connectivity index (χ0v) is 14.4. The van der Waals surface area contributed by atoms with Crippen molar-refractivity contribution >= 4 is 9.76 Å². The minimum atomic E-state index is -1.16. The Bertz CT molecular complexity index is 655. The van der Waals surface area contributed by atoms with Crippen molar-refractivity contribution in [2.45, 2.75) is 5.41 Å². The molecule has 1 N–H and O–H groups in total. The van der Waals surface area contributed by atoms with Crippen LogP contribution in [0.4, 0.5) is 0 Å². The maximum atomic E-state index is 9.52. The lowest BCUT2D eigenvalue weighted by Gasteiger charge is -2.33. The minimum Gasteiger partial charge on any atom is -0.434 e. The van der Waals surface area contributed by atoms with Crippen LogP contribution in [0.15, 0.2) is 103 Å². The predicted molar refractivity (Wildman–Crippen MR) is 99.1 cm³/mol. The molecule has 0 unspecified atom stereocenters. The summed E-state index contributed by atoms with van der Waals surface area (Å²) < 4.78 is 0. The maximum absolute atomic E-state index is 9.52. The first-order chi connectivity index (χ1) is 11.4. The van der Waals surface area contributed by atoms with Crippen LogP contribution in [0.25, 0.3) is 0 Å². The van der Waals surface area contributed by atoms with Crippen molar-refractivity contribution in [3.05, 3.63) is 119 Å². The Morgan fingerprint density at radius 3 is 1.26 bits per heavy atom. The standard InChI is InChI=1S/C21H20OSi/c22-23-17-16-21(18-10-4-1-5-11-18,19-12-6-2-7-13-19)20-14-8-3-9-15-20/h1-17,22H,23H2. The van der Waals surface area contributed by atoms with Crippen LogP contribution in [-0.2, 0) is 5.41 Å². The Hall–Kier alpha value is -2.42. The second kappa shape index (κ2) is 7.23. The first kappa shape index (κ1) is 15.5. The van der Waals surface area contributed by atoms with Crippen molar-refractivity contribution in [1.29, 1.82) is 0 Å². The molecule has 3 aromatic carbocycles. The highest BCUT2D eigenvalue weighted by molar-refractivity contribution is 6.32. The summed E-state index contributed by atoms with van der Waals surface area (Å²) in [5.41, 5.74) is 5.20. The van der Waals surface area contributed by atoms with Gasteiger partial charge in [0.2, 0.25) is 0 Å². The molecular formula is C21H20OSi. The van der Waals surface area contributed by atoms with E-state index >= 15 is 0 Å². The van der Waals surface area contributed by atoms with E-state index in [0.29, 0.717) is 0 Å². The van der Waals surface area contributed by atoms with Crippen LogP contribution in [-0.4, -0.2) is 14.6 Å². The number of benzene rings is 3. The third-order valence-corrected chi connectivity index (χ3v) is 4.61. The minimum absolute atomic E-state index is 0.375. The molecule has 3 rings (SSSR count). The number of hydrogen-bond acceptors (Lipinski definition) is 1. The first-order valence-corrected chi connectivity index (χ1v) is 9.28. The van der Waals surface area contributed by atoms with Gasteiger partial charge in [0.25, 0.3) is 0 Å². The molecule has 3 aromatic rings. The van der Waals surface area contributed by atoms with Gasteiger partial charge in [-0.1, -0.05) is 103 Å². The van der Waals surface area contributed by atoms with Crippen LogP contribution in [0.5, 0.6) is 0 Å². The van der Waals surface area contributed by atoms with Crippen molar-refractivity contribution in [2.75, 3.05) is 0 Å². The van der Waals surface area contributed by atoms with Crippen molar-refractivity contribution in [1.82, 2.24) is 0 Å². The molecule has 0 atom stereocenters. The maximum Gasteiger partial charge on any atom is 0.180 e. The summed E-state index contributed by atoms with van der Waals surface area (Å²) in [5, 5.41) is 0. The van der Waals surface area contributed by atoms with Crippen molar-refractivity contribution in [3.63, 3.8) is 0 Å². The lowest BCUT2D eigenvalue weighted by molar-refractivity contribution is 0.613. The van der Waals surface area contributed by atoms with Crippen LogP contribution in [0.2, 0.25) is 0 Å². The highest BCUT2D eigenvalue weighted by Crippen LogP contribution is 2.40. The molecular weight excluding hydrogens is 296 g/mol. The highest BCUT2D eigenvalue weighted by Gasteiger charge is 2.33. The summed E-state index contributed by atoms with van der Waals surface area (Å²) in [6.45, 7) is 0. The van der Waals surface area contributed by atoms with Crippen LogP contribution in [0.1, 0.15) is 16.7 Å². The molecule has 0 spiro atoms. The molecule has 0 aliphatic carbocycles. The van der Waals surface area contributed by atoms with Crippen LogP contribution in [0.3, 0.4) is 0 Å². The second-order valence-electron chi connectivity index (χ2n) is 5.49. The lowest BCUT2D eigenvalue weighted by Crippen LogP contribution is -2.27. The zero-order chi connectivity index (χ0) is 16.0. The fourth-order valence-electron chi connectivity index (χ4n) is 3.12. The van der Waals surface area contributed by atoms with E-state index in [4.69, 9.17) is 0 Å². The molecule has 0 saturated carbocycles. The molecule has 0 radical (unpaired) electrons. The van der Waals surface area contributed by atoms with E-state index in [1.807, 2.05) is 23.9 Å². The topological polar surface area (TPSA) is 20.2 Å². The normalized spacial score (nSPS) is 12.2. The second-order valence-corrected chi connectivity index (χ2v) is 6.33. The summed E-state index contributed by atoms with van der Waals surface area (Å²) in [5.74, 6) is 0. The average Bonchev–Trinajstić information content (AvgIpc) is 2.65. The molecule has 0 aliphatic rings. The van der Waals surface area contributed by atoms with Gasteiger partial charge in [-0.05, 0) is 16.7 Å². The average molecular weight is 316 g/mol. The molecule has 0 amide bonds. The van der Waals surface area contributed by atoms with E-state index in [2.05, 4.69) is 78.9 Å². The van der Waals surface area contributed by atoms with E-state index in [1.165, 1.54) is 16.7 Å². The van der Waals surface area contributed by atoms with E-state index in [9.17, 15) is 4.80 Å². The van der Waals surface area contributed by atoms with E-state index < -0.39 is 9.76 Å². The molecule has 23 heavy (non-hydrogen) atoms. The molecule has 0 aliphatic heterocycles. The Labute approximate surface area is 139 Å². The van der Waals surface area contributed by atoms with Crippen molar-refractivity contribution < 1.29 is 4.80 Å². The highest BCUT2D eigenvalue weighted by atomic mass is 28.2. The fraction of sp³-hybridized carbons (Fsp3) is 0.0476. The quantitative estimate of drug-likeness (QED) is 0.563. The monoisotopic (exact) mass is 316 g/mol. The molecule has 0 saturated heterocycles. The van der Waals surface area contributed by atoms with Gasteiger partial charge in [-0.2, -0.15) is 0 Å². The zero-order valence-electron chi connectivity index (χ0n) is 13.0. The smallest absolute Gasteiger partial charge is 0.180 e. The van der Waals surface area contributed by atoms with Crippen molar-refractivity contribution in [3.8, 4) is 0 Å². The van der Waals surface area contributed by atoms with Crippen LogP contribution in [0, 0.1) is 0 Å². The predicted octanol–water partition coefficient (Wildman–Crippen LogP) is 3.61. The van der Waals surface area contributed by atoms with E-state index in [0.717, 1.165) is 0 Å². The fourth-order valence-corrected chi connectivity index (χ4v) is 3.58. The lowest BCUT2D eigenvalue weighted by atomic mass is 9.69. The van der Waals surface area contributed by atoms with Gasteiger partial charge >= 0.3 is 0 Å². The molecule has 0 aromatic heterocycles. The van der Waals surface area contributed by atoms with Gasteiger partial charge in [0.1, 0.15) is 0 Å². The Morgan fingerprint density at radius 2 is 0.957 bits per heavy atom.